The number of fused-ring (bicyclic) bond motifs is 10. The maximum absolute atomic E-state index is 14.4. The molecule has 1 aromatic heterocycles. The Morgan fingerprint density at radius 3 is 2.50 bits per heavy atom. The van der Waals surface area contributed by atoms with Gasteiger partial charge in [-0.25, -0.2) is 0 Å². The van der Waals surface area contributed by atoms with Gasteiger partial charge in [-0.1, -0.05) is 71.7 Å². The molecule has 9 atom stereocenters. The van der Waals surface area contributed by atoms with Crippen molar-refractivity contribution in [2.45, 2.75) is 119 Å². The summed E-state index contributed by atoms with van der Waals surface area (Å²) in [5, 5.41) is 4.94. The number of aromatic amines is 1. The molecule has 5 aliphatic rings. The summed E-state index contributed by atoms with van der Waals surface area (Å²) in [7, 11) is 4.24. The standard InChI is InChI=1S/C42H63N3O/c1-26-12-14-32-29(24-26)30-25-39(6)33(38(4,5)36(30)44-32)17-18-41(8)34(39)15-13-31-35-28(3)27(2)16-19-42(35,21-20-40(31,41)7)37(46)43-22-11-23-45(9)10/h12-14,24,27-28,33-35,44H,11,15-23,25H2,1-10H3,(H,43,46)/t27-,28+,33+,34-,35+,39+,40-,41-,42+/m1/s1. The lowest BCUT2D eigenvalue weighted by Gasteiger charge is -2.71. The van der Waals surface area contributed by atoms with E-state index in [1.54, 1.807) is 11.1 Å². The molecule has 3 saturated carbocycles. The molecule has 5 aliphatic carbocycles. The third-order valence-corrected chi connectivity index (χ3v) is 15.9. The maximum Gasteiger partial charge on any atom is 0.226 e. The van der Waals surface area contributed by atoms with Crippen LogP contribution in [0.25, 0.3) is 10.9 Å². The minimum absolute atomic E-state index is 0.112. The SMILES string of the molecule is Cc1ccc2[nH]c3c(c2c1)C[C@]1(C)[C@H]2CC=C4[C@@H]5[C@@H](C)[C@H](C)CC[C@]5(C(=O)NCCCN(C)C)CC[C@@]4(C)[C@]2(C)CC[C@H]1C3(C)C. The van der Waals surface area contributed by atoms with Crippen LogP contribution in [-0.2, 0) is 16.6 Å². The van der Waals surface area contributed by atoms with E-state index in [1.165, 1.54) is 54.3 Å². The second-order valence-electron chi connectivity index (χ2n) is 18.6. The number of amides is 1. The van der Waals surface area contributed by atoms with Crippen molar-refractivity contribution in [1.82, 2.24) is 15.2 Å². The van der Waals surface area contributed by atoms with E-state index in [2.05, 4.69) is 109 Å². The van der Waals surface area contributed by atoms with Crippen LogP contribution >= 0.6 is 0 Å². The van der Waals surface area contributed by atoms with Crippen LogP contribution in [0.3, 0.4) is 0 Å². The van der Waals surface area contributed by atoms with Crippen LogP contribution in [0.15, 0.2) is 29.8 Å². The molecule has 0 bridgehead atoms. The number of hydrogen-bond acceptors (Lipinski definition) is 2. The van der Waals surface area contributed by atoms with Gasteiger partial charge in [0.25, 0.3) is 0 Å². The summed E-state index contributed by atoms with van der Waals surface area (Å²) in [5.41, 5.74) is 7.91. The molecular weight excluding hydrogens is 562 g/mol. The lowest BCUT2D eigenvalue weighted by atomic mass is 9.33. The Balaban J connectivity index is 1.28. The molecule has 3 fully saturated rings. The van der Waals surface area contributed by atoms with Crippen LogP contribution in [0.5, 0.6) is 0 Å². The van der Waals surface area contributed by atoms with Crippen LogP contribution in [0.4, 0.5) is 0 Å². The predicted molar refractivity (Wildman–Crippen MR) is 192 cm³/mol. The first kappa shape index (κ1) is 32.5. The Morgan fingerprint density at radius 2 is 1.76 bits per heavy atom. The number of rotatable bonds is 5. The van der Waals surface area contributed by atoms with Crippen molar-refractivity contribution in [3.05, 3.63) is 46.7 Å². The van der Waals surface area contributed by atoms with Crippen molar-refractivity contribution in [2.24, 2.45) is 51.2 Å². The molecule has 0 aliphatic heterocycles. The molecule has 1 heterocycles. The summed E-state index contributed by atoms with van der Waals surface area (Å²) in [6.07, 6.45) is 13.1. The smallest absolute Gasteiger partial charge is 0.226 e. The maximum atomic E-state index is 14.4. The van der Waals surface area contributed by atoms with Crippen molar-refractivity contribution in [3.63, 3.8) is 0 Å². The van der Waals surface area contributed by atoms with Gasteiger partial charge in [0.1, 0.15) is 0 Å². The molecule has 7 rings (SSSR count). The van der Waals surface area contributed by atoms with Crippen molar-refractivity contribution < 1.29 is 4.79 Å². The van der Waals surface area contributed by atoms with Gasteiger partial charge in [-0.3, -0.25) is 4.79 Å². The zero-order valence-corrected chi connectivity index (χ0v) is 30.8. The van der Waals surface area contributed by atoms with Crippen molar-refractivity contribution in [2.75, 3.05) is 27.2 Å². The minimum Gasteiger partial charge on any atom is -0.358 e. The topological polar surface area (TPSA) is 48.1 Å². The molecule has 2 aromatic rings. The Kier molecular flexibility index (Phi) is 7.56. The lowest BCUT2D eigenvalue weighted by molar-refractivity contribution is -0.169. The Bertz CT molecular complexity index is 1560. The summed E-state index contributed by atoms with van der Waals surface area (Å²) in [4.78, 5) is 20.5. The van der Waals surface area contributed by atoms with E-state index >= 15 is 0 Å². The second kappa shape index (κ2) is 10.7. The quantitative estimate of drug-likeness (QED) is 0.257. The van der Waals surface area contributed by atoms with Gasteiger partial charge in [-0.2, -0.15) is 0 Å². The van der Waals surface area contributed by atoms with Gasteiger partial charge in [0, 0.05) is 28.6 Å². The number of allylic oxidation sites excluding steroid dienone is 2. The predicted octanol–water partition coefficient (Wildman–Crippen LogP) is 9.22. The van der Waals surface area contributed by atoms with Gasteiger partial charge in [-0.15, -0.1) is 0 Å². The van der Waals surface area contributed by atoms with E-state index in [-0.39, 0.29) is 27.1 Å². The van der Waals surface area contributed by atoms with Gasteiger partial charge in [0.2, 0.25) is 5.91 Å². The molecule has 46 heavy (non-hydrogen) atoms. The number of nitrogens with zero attached hydrogens (tertiary/aromatic N) is 1. The summed E-state index contributed by atoms with van der Waals surface area (Å²) in [5.74, 6) is 3.20. The van der Waals surface area contributed by atoms with E-state index in [4.69, 9.17) is 0 Å². The number of benzene rings is 1. The molecule has 1 amide bonds. The molecule has 4 nitrogen and oxygen atoms in total. The Hall–Kier alpha value is -2.07. The van der Waals surface area contributed by atoms with Gasteiger partial charge >= 0.3 is 0 Å². The molecule has 4 heteroatoms. The lowest BCUT2D eigenvalue weighted by Crippen LogP contribution is -2.65. The first-order chi connectivity index (χ1) is 21.6. The van der Waals surface area contributed by atoms with Crippen molar-refractivity contribution >= 4 is 16.8 Å². The molecule has 1 aromatic carbocycles. The van der Waals surface area contributed by atoms with Crippen molar-refractivity contribution in [3.8, 4) is 0 Å². The number of carbonyl (C=O) groups is 1. The van der Waals surface area contributed by atoms with E-state index in [0.29, 0.717) is 35.5 Å². The average molecular weight is 626 g/mol. The highest BCUT2D eigenvalue weighted by Crippen LogP contribution is 2.75. The molecule has 252 valence electrons. The zero-order valence-electron chi connectivity index (χ0n) is 30.8. The molecular formula is C42H63N3O. The number of aryl methyl sites for hydroxylation is 1. The highest BCUT2D eigenvalue weighted by Gasteiger charge is 2.69. The largest absolute Gasteiger partial charge is 0.358 e. The third kappa shape index (κ3) is 4.29. The summed E-state index contributed by atoms with van der Waals surface area (Å²) < 4.78 is 0. The fourth-order valence-corrected chi connectivity index (χ4v) is 13.1. The molecule has 0 unspecified atom stereocenters. The summed E-state index contributed by atoms with van der Waals surface area (Å²) in [6, 6.07) is 7.01. The summed E-state index contributed by atoms with van der Waals surface area (Å²) in [6.45, 7) is 22.1. The van der Waals surface area contributed by atoms with Crippen LogP contribution in [0.2, 0.25) is 0 Å². The first-order valence-electron chi connectivity index (χ1n) is 18.9. The number of carbonyl (C=O) groups excluding carboxylic acids is 1. The number of hydrogen-bond donors (Lipinski definition) is 2. The van der Waals surface area contributed by atoms with Gasteiger partial charge in [-0.05, 0) is 149 Å². The van der Waals surface area contributed by atoms with E-state index < -0.39 is 0 Å². The van der Waals surface area contributed by atoms with Crippen LogP contribution < -0.4 is 5.32 Å². The van der Waals surface area contributed by atoms with Gasteiger partial charge in [0.15, 0.2) is 0 Å². The number of H-pyrrole nitrogens is 1. The number of nitrogens with one attached hydrogen (secondary N) is 2. The molecule has 0 saturated heterocycles. The highest BCUT2D eigenvalue weighted by molar-refractivity contribution is 5.86. The minimum atomic E-state index is -0.247. The molecule has 0 spiro atoms. The summed E-state index contributed by atoms with van der Waals surface area (Å²) >= 11 is 0. The van der Waals surface area contributed by atoms with Crippen LogP contribution in [0.1, 0.15) is 117 Å². The third-order valence-electron chi connectivity index (χ3n) is 15.9. The van der Waals surface area contributed by atoms with E-state index in [1.807, 2.05) is 0 Å². The van der Waals surface area contributed by atoms with Crippen LogP contribution in [0, 0.1) is 58.2 Å². The number of aromatic nitrogens is 1. The van der Waals surface area contributed by atoms with Crippen molar-refractivity contribution in [1.29, 1.82) is 0 Å². The highest BCUT2D eigenvalue weighted by atomic mass is 16.2. The fourth-order valence-electron chi connectivity index (χ4n) is 13.1. The fraction of sp³-hybridized carbons (Fsp3) is 0.738. The van der Waals surface area contributed by atoms with E-state index in [9.17, 15) is 4.79 Å². The Morgan fingerprint density at radius 1 is 1.00 bits per heavy atom. The molecule has 2 N–H and O–H groups in total. The second-order valence-corrected chi connectivity index (χ2v) is 18.6. The van der Waals surface area contributed by atoms with Crippen LogP contribution in [-0.4, -0.2) is 43.0 Å². The Labute approximate surface area is 279 Å². The monoisotopic (exact) mass is 625 g/mol. The van der Waals surface area contributed by atoms with Gasteiger partial charge in [0.05, 0.1) is 5.41 Å². The normalized spacial score (nSPS) is 41.1. The average Bonchev–Trinajstić information content (AvgIpc) is 3.35. The van der Waals surface area contributed by atoms with Gasteiger partial charge < -0.3 is 15.2 Å². The van der Waals surface area contributed by atoms with E-state index in [0.717, 1.165) is 38.8 Å². The molecule has 0 radical (unpaired) electrons. The zero-order chi connectivity index (χ0) is 33.0. The first-order valence-corrected chi connectivity index (χ1v) is 18.9.